The summed E-state index contributed by atoms with van der Waals surface area (Å²) in [5, 5.41) is 13.9. The van der Waals surface area contributed by atoms with Crippen LogP contribution in [-0.2, 0) is 27.4 Å². The molecule has 0 aliphatic carbocycles. The van der Waals surface area contributed by atoms with Gasteiger partial charge in [-0.15, -0.1) is 4.91 Å². The maximum absolute atomic E-state index is 13.7. The Bertz CT molecular complexity index is 1260. The van der Waals surface area contributed by atoms with E-state index in [2.05, 4.69) is 10.2 Å². The molecule has 3 aromatic rings. The fourth-order valence-corrected chi connectivity index (χ4v) is 5.22. The number of benzene rings is 2. The first kappa shape index (κ1) is 25.4. The monoisotopic (exact) mass is 481 g/mol. The van der Waals surface area contributed by atoms with E-state index in [1.165, 1.54) is 34.8 Å². The molecule has 1 heterocycles. The number of phenols is 1. The number of hydrogen-bond acceptors (Lipinski definition) is 6. The van der Waals surface area contributed by atoms with Gasteiger partial charge in [0.05, 0.1) is 23.3 Å². The second-order valence-electron chi connectivity index (χ2n) is 10.4. The molecule has 0 spiro atoms. The van der Waals surface area contributed by atoms with Crippen LogP contribution in [0.4, 0.5) is 11.4 Å². The highest BCUT2D eigenvalue weighted by Gasteiger charge is 2.30. The van der Waals surface area contributed by atoms with Gasteiger partial charge in [-0.3, -0.25) is 9.29 Å². The SMILES string of the molecule is CC(C)(C)c1cc(CN(c2cccnc2)S(=O)(=O)c2cccc(N=O)c2)cc(C(C)(C)C)c1O. The van der Waals surface area contributed by atoms with E-state index < -0.39 is 10.0 Å². The molecule has 0 saturated carbocycles. The van der Waals surface area contributed by atoms with E-state index in [1.807, 2.05) is 53.7 Å². The second kappa shape index (κ2) is 9.18. The zero-order chi connectivity index (χ0) is 25.3. The zero-order valence-electron chi connectivity index (χ0n) is 20.4. The molecular weight excluding hydrogens is 450 g/mol. The van der Waals surface area contributed by atoms with Crippen molar-refractivity contribution in [3.05, 3.63) is 82.5 Å². The molecule has 0 bridgehead atoms. The molecule has 0 aliphatic rings. The molecule has 1 aromatic heterocycles. The third-order valence-electron chi connectivity index (χ3n) is 5.56. The van der Waals surface area contributed by atoms with Crippen molar-refractivity contribution in [1.82, 2.24) is 4.98 Å². The summed E-state index contributed by atoms with van der Waals surface area (Å²) in [4.78, 5) is 15.1. The van der Waals surface area contributed by atoms with Crippen molar-refractivity contribution in [2.24, 2.45) is 5.18 Å². The van der Waals surface area contributed by atoms with E-state index in [0.717, 1.165) is 16.7 Å². The summed E-state index contributed by atoms with van der Waals surface area (Å²) in [6.45, 7) is 12.0. The van der Waals surface area contributed by atoms with Crippen LogP contribution in [0.25, 0.3) is 0 Å². The normalized spacial score (nSPS) is 12.4. The van der Waals surface area contributed by atoms with Gasteiger partial charge in [-0.1, -0.05) is 47.6 Å². The number of rotatable bonds is 6. The van der Waals surface area contributed by atoms with Crippen LogP contribution in [0.3, 0.4) is 0 Å². The number of aromatic nitrogens is 1. The molecule has 0 radical (unpaired) electrons. The number of anilines is 1. The van der Waals surface area contributed by atoms with E-state index >= 15 is 0 Å². The Kier molecular flexibility index (Phi) is 6.85. The first-order chi connectivity index (χ1) is 15.7. The highest BCUT2D eigenvalue weighted by Crippen LogP contribution is 2.40. The molecule has 3 rings (SSSR count). The lowest BCUT2D eigenvalue weighted by atomic mass is 9.78. The minimum atomic E-state index is -4.06. The Hall–Kier alpha value is -3.26. The number of aromatic hydroxyl groups is 1. The Morgan fingerprint density at radius 2 is 1.56 bits per heavy atom. The van der Waals surface area contributed by atoms with Crippen LogP contribution < -0.4 is 4.31 Å². The van der Waals surface area contributed by atoms with Crippen molar-refractivity contribution in [2.75, 3.05) is 4.31 Å². The Balaban J connectivity index is 2.21. The van der Waals surface area contributed by atoms with Crippen molar-refractivity contribution < 1.29 is 13.5 Å². The van der Waals surface area contributed by atoms with Gasteiger partial charge < -0.3 is 5.11 Å². The molecule has 7 nitrogen and oxygen atoms in total. The summed E-state index contributed by atoms with van der Waals surface area (Å²) >= 11 is 0. The predicted octanol–water partition coefficient (Wildman–Crippen LogP) is 6.18. The maximum atomic E-state index is 13.7. The van der Waals surface area contributed by atoms with Gasteiger partial charge in [0.15, 0.2) is 0 Å². The summed E-state index contributed by atoms with van der Waals surface area (Å²) in [5.41, 5.74) is 1.90. The van der Waals surface area contributed by atoms with Crippen molar-refractivity contribution in [3.63, 3.8) is 0 Å². The summed E-state index contributed by atoms with van der Waals surface area (Å²) in [6.07, 6.45) is 3.05. The van der Waals surface area contributed by atoms with Crippen LogP contribution in [0, 0.1) is 4.91 Å². The molecule has 180 valence electrons. The molecular formula is C26H31N3O4S. The second-order valence-corrected chi connectivity index (χ2v) is 12.2. The van der Waals surface area contributed by atoms with E-state index in [9.17, 15) is 18.4 Å². The molecule has 2 aromatic carbocycles. The number of nitroso groups, excluding NO2 is 1. The molecule has 0 fully saturated rings. The van der Waals surface area contributed by atoms with Crippen LogP contribution in [0.5, 0.6) is 5.75 Å². The largest absolute Gasteiger partial charge is 0.507 e. The van der Waals surface area contributed by atoms with E-state index in [4.69, 9.17) is 0 Å². The average molecular weight is 482 g/mol. The lowest BCUT2D eigenvalue weighted by molar-refractivity contribution is 0.422. The molecule has 0 amide bonds. The van der Waals surface area contributed by atoms with Crippen molar-refractivity contribution in [1.29, 1.82) is 0 Å². The van der Waals surface area contributed by atoms with Gasteiger partial charge in [-0.25, -0.2) is 8.42 Å². The minimum Gasteiger partial charge on any atom is -0.507 e. The summed E-state index contributed by atoms with van der Waals surface area (Å²) in [5.74, 6) is 0.226. The molecule has 8 heteroatoms. The van der Waals surface area contributed by atoms with Gasteiger partial charge in [0.25, 0.3) is 10.0 Å². The highest BCUT2D eigenvalue weighted by atomic mass is 32.2. The highest BCUT2D eigenvalue weighted by molar-refractivity contribution is 7.92. The third-order valence-corrected chi connectivity index (χ3v) is 7.33. The van der Waals surface area contributed by atoms with Gasteiger partial charge in [-0.2, -0.15) is 0 Å². The quantitative estimate of drug-likeness (QED) is 0.424. The number of nitrogens with zero attached hydrogens (tertiary/aromatic N) is 3. The molecule has 1 N–H and O–H groups in total. The first-order valence-corrected chi connectivity index (χ1v) is 12.4. The van der Waals surface area contributed by atoms with Crippen LogP contribution in [0.1, 0.15) is 58.2 Å². The number of phenolic OH excluding ortho intramolecular Hbond substituents is 1. The van der Waals surface area contributed by atoms with E-state index in [-0.39, 0.29) is 33.7 Å². The third kappa shape index (κ3) is 5.28. The zero-order valence-corrected chi connectivity index (χ0v) is 21.2. The van der Waals surface area contributed by atoms with E-state index in [1.54, 1.807) is 18.3 Å². The molecule has 0 atom stereocenters. The molecule has 0 aliphatic heterocycles. The van der Waals surface area contributed by atoms with E-state index in [0.29, 0.717) is 5.69 Å². The van der Waals surface area contributed by atoms with Gasteiger partial charge in [0, 0.05) is 6.20 Å². The average Bonchev–Trinajstić information content (AvgIpc) is 2.77. The standard InChI is InChI=1S/C26H31N3O4S/c1-25(2,3)22-13-18(14-23(24(22)30)26(4,5)6)17-29(20-10-8-12-27-16-20)34(32,33)21-11-7-9-19(15-21)28-31/h7-16,30H,17H2,1-6H3. The van der Waals surface area contributed by atoms with Gasteiger partial charge in [0.2, 0.25) is 0 Å². The molecule has 0 unspecified atom stereocenters. The van der Waals surface area contributed by atoms with Crippen LogP contribution in [0.2, 0.25) is 0 Å². The van der Waals surface area contributed by atoms with Crippen LogP contribution in [0.15, 0.2) is 71.0 Å². The van der Waals surface area contributed by atoms with Gasteiger partial charge in [0.1, 0.15) is 11.4 Å². The minimum absolute atomic E-state index is 0.0131. The first-order valence-electron chi connectivity index (χ1n) is 11.0. The fourth-order valence-electron chi connectivity index (χ4n) is 3.74. The van der Waals surface area contributed by atoms with Crippen LogP contribution >= 0.6 is 0 Å². The Labute approximate surface area is 201 Å². The van der Waals surface area contributed by atoms with Crippen LogP contribution in [-0.4, -0.2) is 18.5 Å². The molecule has 0 saturated heterocycles. The topological polar surface area (TPSA) is 99.9 Å². The lowest BCUT2D eigenvalue weighted by Crippen LogP contribution is -2.31. The number of sulfonamides is 1. The smallest absolute Gasteiger partial charge is 0.264 e. The lowest BCUT2D eigenvalue weighted by Gasteiger charge is -2.30. The Morgan fingerprint density at radius 1 is 0.941 bits per heavy atom. The number of pyridine rings is 1. The maximum Gasteiger partial charge on any atom is 0.264 e. The number of hydrogen-bond donors (Lipinski definition) is 1. The van der Waals surface area contributed by atoms with Gasteiger partial charge in [-0.05, 0) is 75.2 Å². The summed E-state index contributed by atoms with van der Waals surface area (Å²) in [7, 11) is -4.06. The fraction of sp³-hybridized carbons (Fsp3) is 0.346. The van der Waals surface area contributed by atoms with Crippen molar-refractivity contribution >= 4 is 21.4 Å². The Morgan fingerprint density at radius 3 is 2.06 bits per heavy atom. The van der Waals surface area contributed by atoms with Crippen molar-refractivity contribution in [3.8, 4) is 5.75 Å². The van der Waals surface area contributed by atoms with Gasteiger partial charge >= 0.3 is 0 Å². The van der Waals surface area contributed by atoms with Crippen molar-refractivity contribution in [2.45, 2.75) is 63.8 Å². The summed E-state index contributed by atoms with van der Waals surface area (Å²) < 4.78 is 28.7. The predicted molar refractivity (Wildman–Crippen MR) is 135 cm³/mol. The molecule has 34 heavy (non-hydrogen) atoms. The summed E-state index contributed by atoms with van der Waals surface area (Å²) in [6, 6.07) is 12.7.